The first-order valence-corrected chi connectivity index (χ1v) is 8.97. The summed E-state index contributed by atoms with van der Waals surface area (Å²) in [4.78, 5) is 18.9. The Balaban J connectivity index is 1.51. The van der Waals surface area contributed by atoms with Crippen LogP contribution < -0.4 is 4.74 Å². The SMILES string of the molecule is CC1CCCN(C(=O)Cc2csc(COc3ccccc3)n2)C1. The zero-order valence-corrected chi connectivity index (χ0v) is 14.2. The second-order valence-electron chi connectivity index (χ2n) is 6.10. The second-order valence-corrected chi connectivity index (χ2v) is 7.04. The maximum absolute atomic E-state index is 12.4. The van der Waals surface area contributed by atoms with Gasteiger partial charge < -0.3 is 9.64 Å². The number of nitrogens with zero attached hydrogens (tertiary/aromatic N) is 2. The van der Waals surface area contributed by atoms with Crippen LogP contribution in [0, 0.1) is 5.92 Å². The van der Waals surface area contributed by atoms with Gasteiger partial charge in [-0.05, 0) is 30.9 Å². The molecule has 0 bridgehead atoms. The summed E-state index contributed by atoms with van der Waals surface area (Å²) in [5.41, 5.74) is 0.852. The van der Waals surface area contributed by atoms with Gasteiger partial charge in [0, 0.05) is 18.5 Å². The lowest BCUT2D eigenvalue weighted by atomic mass is 10.00. The van der Waals surface area contributed by atoms with E-state index in [1.54, 1.807) is 11.3 Å². The largest absolute Gasteiger partial charge is 0.486 e. The van der Waals surface area contributed by atoms with Gasteiger partial charge in [-0.2, -0.15) is 0 Å². The van der Waals surface area contributed by atoms with Crippen LogP contribution in [0.1, 0.15) is 30.5 Å². The summed E-state index contributed by atoms with van der Waals surface area (Å²) < 4.78 is 5.69. The Morgan fingerprint density at radius 2 is 2.22 bits per heavy atom. The Bertz CT molecular complexity index is 641. The molecular weight excluding hydrogens is 308 g/mol. The highest BCUT2D eigenvalue weighted by molar-refractivity contribution is 7.09. The van der Waals surface area contributed by atoms with Gasteiger partial charge in [0.05, 0.1) is 12.1 Å². The van der Waals surface area contributed by atoms with Crippen molar-refractivity contribution in [2.45, 2.75) is 32.8 Å². The molecule has 1 aromatic heterocycles. The average molecular weight is 330 g/mol. The summed E-state index contributed by atoms with van der Waals surface area (Å²) in [5, 5.41) is 2.87. The average Bonchev–Trinajstić information content (AvgIpc) is 3.01. The summed E-state index contributed by atoms with van der Waals surface area (Å²) >= 11 is 1.55. The molecule has 0 saturated carbocycles. The number of rotatable bonds is 5. The molecule has 0 spiro atoms. The fraction of sp³-hybridized carbons (Fsp3) is 0.444. The van der Waals surface area contributed by atoms with Crippen molar-refractivity contribution in [3.63, 3.8) is 0 Å². The minimum absolute atomic E-state index is 0.192. The summed E-state index contributed by atoms with van der Waals surface area (Å²) in [5.74, 6) is 1.64. The third-order valence-electron chi connectivity index (χ3n) is 4.05. The minimum Gasteiger partial charge on any atom is -0.486 e. The number of likely N-dealkylation sites (tertiary alicyclic amines) is 1. The van der Waals surface area contributed by atoms with Gasteiger partial charge in [0.2, 0.25) is 5.91 Å². The number of para-hydroxylation sites is 1. The van der Waals surface area contributed by atoms with E-state index in [9.17, 15) is 4.79 Å². The van der Waals surface area contributed by atoms with Crippen LogP contribution in [-0.2, 0) is 17.8 Å². The number of hydrogen-bond acceptors (Lipinski definition) is 4. The minimum atomic E-state index is 0.192. The molecule has 1 atom stereocenters. The van der Waals surface area contributed by atoms with Crippen molar-refractivity contribution in [2.24, 2.45) is 5.92 Å². The van der Waals surface area contributed by atoms with Gasteiger partial charge in [0.15, 0.2) is 0 Å². The molecule has 2 aromatic rings. The van der Waals surface area contributed by atoms with E-state index in [0.29, 0.717) is 18.9 Å². The van der Waals surface area contributed by atoms with E-state index in [2.05, 4.69) is 11.9 Å². The highest BCUT2D eigenvalue weighted by Gasteiger charge is 2.21. The van der Waals surface area contributed by atoms with Crippen LogP contribution in [0.2, 0.25) is 0 Å². The summed E-state index contributed by atoms with van der Waals surface area (Å²) in [6.07, 6.45) is 2.73. The van der Waals surface area contributed by atoms with Crippen molar-refractivity contribution in [3.05, 3.63) is 46.4 Å². The van der Waals surface area contributed by atoms with Crippen LogP contribution in [0.4, 0.5) is 0 Å². The Hall–Kier alpha value is -1.88. The lowest BCUT2D eigenvalue weighted by Gasteiger charge is -2.30. The van der Waals surface area contributed by atoms with Crippen LogP contribution in [0.15, 0.2) is 35.7 Å². The van der Waals surface area contributed by atoms with Crippen LogP contribution >= 0.6 is 11.3 Å². The fourth-order valence-corrected chi connectivity index (χ4v) is 3.55. The molecule has 1 aliphatic heterocycles. The summed E-state index contributed by atoms with van der Waals surface area (Å²) in [6.45, 7) is 4.43. The third-order valence-corrected chi connectivity index (χ3v) is 4.92. The first-order chi connectivity index (χ1) is 11.2. The molecule has 1 amide bonds. The maximum atomic E-state index is 12.4. The zero-order valence-electron chi connectivity index (χ0n) is 13.4. The Morgan fingerprint density at radius 3 is 3.00 bits per heavy atom. The van der Waals surface area contributed by atoms with E-state index in [1.807, 2.05) is 40.6 Å². The van der Waals surface area contributed by atoms with E-state index >= 15 is 0 Å². The normalized spacial score (nSPS) is 18.0. The monoisotopic (exact) mass is 330 g/mol. The second kappa shape index (κ2) is 7.59. The molecule has 2 heterocycles. The van der Waals surface area contributed by atoms with Gasteiger partial charge in [-0.15, -0.1) is 11.3 Å². The van der Waals surface area contributed by atoms with Crippen molar-refractivity contribution >= 4 is 17.2 Å². The van der Waals surface area contributed by atoms with Gasteiger partial charge in [-0.1, -0.05) is 25.1 Å². The zero-order chi connectivity index (χ0) is 16.1. The first kappa shape index (κ1) is 16.0. The van der Waals surface area contributed by atoms with Crippen LogP contribution in [0.5, 0.6) is 5.75 Å². The van der Waals surface area contributed by atoms with Crippen LogP contribution in [0.3, 0.4) is 0 Å². The number of benzene rings is 1. The van der Waals surface area contributed by atoms with Crippen LogP contribution in [0.25, 0.3) is 0 Å². The molecule has 1 aliphatic rings. The molecular formula is C18H22N2O2S. The smallest absolute Gasteiger partial charge is 0.228 e. The van der Waals surface area contributed by atoms with E-state index < -0.39 is 0 Å². The fourth-order valence-electron chi connectivity index (χ4n) is 2.84. The highest BCUT2D eigenvalue weighted by Crippen LogP contribution is 2.18. The quantitative estimate of drug-likeness (QED) is 0.842. The standard InChI is InChI=1S/C18H22N2O2S/c1-14-6-5-9-20(11-14)18(21)10-15-13-23-17(19-15)12-22-16-7-3-2-4-8-16/h2-4,7-8,13-14H,5-6,9-12H2,1H3. The molecule has 5 heteroatoms. The number of carbonyl (C=O) groups excluding carboxylic acids is 1. The molecule has 4 nitrogen and oxygen atoms in total. The van der Waals surface area contributed by atoms with E-state index in [1.165, 1.54) is 6.42 Å². The molecule has 122 valence electrons. The Labute approximate surface area is 141 Å². The number of hydrogen-bond donors (Lipinski definition) is 0. The van der Waals surface area contributed by atoms with Crippen molar-refractivity contribution in [2.75, 3.05) is 13.1 Å². The molecule has 0 aliphatic carbocycles. The first-order valence-electron chi connectivity index (χ1n) is 8.09. The highest BCUT2D eigenvalue weighted by atomic mass is 32.1. The molecule has 0 radical (unpaired) electrons. The summed E-state index contributed by atoms with van der Waals surface area (Å²) in [6, 6.07) is 9.70. The van der Waals surface area contributed by atoms with E-state index in [4.69, 9.17) is 4.74 Å². The topological polar surface area (TPSA) is 42.4 Å². The van der Waals surface area contributed by atoms with Crippen molar-refractivity contribution in [1.82, 2.24) is 9.88 Å². The Kier molecular flexibility index (Phi) is 5.28. The number of amides is 1. The number of thiazole rings is 1. The predicted molar refractivity (Wildman–Crippen MR) is 91.6 cm³/mol. The molecule has 1 saturated heterocycles. The van der Waals surface area contributed by atoms with Gasteiger partial charge in [-0.3, -0.25) is 4.79 Å². The molecule has 1 unspecified atom stereocenters. The van der Waals surface area contributed by atoms with Gasteiger partial charge >= 0.3 is 0 Å². The molecule has 3 rings (SSSR count). The molecule has 0 N–H and O–H groups in total. The van der Waals surface area contributed by atoms with E-state index in [0.717, 1.165) is 36.0 Å². The number of piperidine rings is 1. The van der Waals surface area contributed by atoms with Gasteiger partial charge in [-0.25, -0.2) is 4.98 Å². The molecule has 23 heavy (non-hydrogen) atoms. The molecule has 1 fully saturated rings. The van der Waals surface area contributed by atoms with Gasteiger partial charge in [0.1, 0.15) is 17.4 Å². The lowest BCUT2D eigenvalue weighted by Crippen LogP contribution is -2.39. The van der Waals surface area contributed by atoms with Crippen molar-refractivity contribution in [1.29, 1.82) is 0 Å². The number of carbonyl (C=O) groups is 1. The lowest BCUT2D eigenvalue weighted by molar-refractivity contribution is -0.132. The third kappa shape index (κ3) is 4.55. The van der Waals surface area contributed by atoms with Crippen LogP contribution in [-0.4, -0.2) is 28.9 Å². The number of aromatic nitrogens is 1. The number of ether oxygens (including phenoxy) is 1. The van der Waals surface area contributed by atoms with Crippen molar-refractivity contribution in [3.8, 4) is 5.75 Å². The Morgan fingerprint density at radius 1 is 1.39 bits per heavy atom. The van der Waals surface area contributed by atoms with Crippen molar-refractivity contribution < 1.29 is 9.53 Å². The van der Waals surface area contributed by atoms with E-state index in [-0.39, 0.29) is 5.91 Å². The van der Waals surface area contributed by atoms with Gasteiger partial charge in [0.25, 0.3) is 0 Å². The molecule has 1 aromatic carbocycles. The maximum Gasteiger partial charge on any atom is 0.228 e. The predicted octanol–water partition coefficient (Wildman–Crippen LogP) is 3.52. The summed E-state index contributed by atoms with van der Waals surface area (Å²) in [7, 11) is 0.